The summed E-state index contributed by atoms with van der Waals surface area (Å²) in [5.74, 6) is 0. The molecule has 3 heteroatoms. The van der Waals surface area contributed by atoms with Gasteiger partial charge >= 0.3 is 0 Å². The first-order chi connectivity index (χ1) is 4.71. The Balaban J connectivity index is 2.30. The molecule has 0 bridgehead atoms. The summed E-state index contributed by atoms with van der Waals surface area (Å²) in [6.45, 7) is 6.32. The molecule has 10 heavy (non-hydrogen) atoms. The average molecular weight is 146 g/mol. The maximum absolute atomic E-state index is 5.19. The van der Waals surface area contributed by atoms with E-state index in [1.54, 1.807) is 0 Å². The number of ether oxygens (including phenoxy) is 3. The maximum atomic E-state index is 5.19. The monoisotopic (exact) mass is 146 g/mol. The third-order valence-corrected chi connectivity index (χ3v) is 1.32. The molecule has 0 unspecified atom stereocenters. The molecule has 0 N–H and O–H groups in total. The van der Waals surface area contributed by atoms with Crippen LogP contribution in [0.3, 0.4) is 0 Å². The fourth-order valence-corrected chi connectivity index (χ4v) is 0.829. The van der Waals surface area contributed by atoms with Crippen LogP contribution in [0.15, 0.2) is 0 Å². The summed E-state index contributed by atoms with van der Waals surface area (Å²) in [4.78, 5) is 0. The minimum absolute atomic E-state index is 0.129. The molecular formula is C7H14O3. The van der Waals surface area contributed by atoms with Crippen molar-refractivity contribution < 1.29 is 14.2 Å². The van der Waals surface area contributed by atoms with Gasteiger partial charge in [-0.1, -0.05) is 13.8 Å². The number of hydrogen-bond acceptors (Lipinski definition) is 3. The minimum atomic E-state index is 0.129. The summed E-state index contributed by atoms with van der Waals surface area (Å²) >= 11 is 0. The van der Waals surface area contributed by atoms with Crippen LogP contribution in [0.25, 0.3) is 0 Å². The van der Waals surface area contributed by atoms with Crippen LogP contribution in [-0.2, 0) is 14.2 Å². The lowest BCUT2D eigenvalue weighted by molar-refractivity contribution is -0.183. The van der Waals surface area contributed by atoms with Crippen molar-refractivity contribution in [3.63, 3.8) is 0 Å². The van der Waals surface area contributed by atoms with E-state index in [0.717, 1.165) is 0 Å². The zero-order valence-electron chi connectivity index (χ0n) is 6.55. The van der Waals surface area contributed by atoms with Crippen molar-refractivity contribution in [3.8, 4) is 0 Å². The van der Waals surface area contributed by atoms with E-state index in [1.807, 2.05) is 0 Å². The Hall–Kier alpha value is -0.120. The highest BCUT2D eigenvalue weighted by molar-refractivity contribution is 4.66. The molecule has 1 fully saturated rings. The van der Waals surface area contributed by atoms with Gasteiger partial charge in [-0.3, -0.25) is 0 Å². The molecule has 0 aromatic carbocycles. The summed E-state index contributed by atoms with van der Waals surface area (Å²) in [7, 11) is 0. The van der Waals surface area contributed by atoms with Gasteiger partial charge in [-0.25, -0.2) is 0 Å². The Labute approximate surface area is 61.3 Å². The Morgan fingerprint density at radius 2 is 1.40 bits per heavy atom. The van der Waals surface area contributed by atoms with Gasteiger partial charge in [0.25, 0.3) is 0 Å². The summed E-state index contributed by atoms with van der Waals surface area (Å²) in [6, 6.07) is 0. The first-order valence-corrected chi connectivity index (χ1v) is 3.44. The third kappa shape index (κ3) is 2.64. The van der Waals surface area contributed by atoms with E-state index in [1.165, 1.54) is 0 Å². The van der Waals surface area contributed by atoms with Gasteiger partial charge in [0.2, 0.25) is 0 Å². The highest BCUT2D eigenvalue weighted by atomic mass is 16.7. The van der Waals surface area contributed by atoms with Crippen LogP contribution >= 0.6 is 0 Å². The Bertz CT molecular complexity index is 91.0. The molecule has 1 rings (SSSR count). The summed E-state index contributed by atoms with van der Waals surface area (Å²) < 4.78 is 15.3. The predicted molar refractivity (Wildman–Crippen MR) is 36.5 cm³/mol. The van der Waals surface area contributed by atoms with E-state index in [4.69, 9.17) is 14.2 Å². The van der Waals surface area contributed by atoms with Crippen molar-refractivity contribution >= 4 is 0 Å². The molecule has 0 saturated carbocycles. The van der Waals surface area contributed by atoms with Gasteiger partial charge < -0.3 is 14.2 Å². The minimum Gasteiger partial charge on any atom is -0.355 e. The van der Waals surface area contributed by atoms with Crippen LogP contribution in [-0.4, -0.2) is 26.8 Å². The lowest BCUT2D eigenvalue weighted by Gasteiger charge is -2.26. The molecule has 60 valence electrons. The molecule has 1 aliphatic rings. The molecule has 0 amide bonds. The van der Waals surface area contributed by atoms with E-state index in [-0.39, 0.29) is 5.41 Å². The van der Waals surface area contributed by atoms with E-state index < -0.39 is 0 Å². The van der Waals surface area contributed by atoms with Crippen molar-refractivity contribution in [3.05, 3.63) is 0 Å². The summed E-state index contributed by atoms with van der Waals surface area (Å²) in [5.41, 5.74) is 0.129. The van der Waals surface area contributed by atoms with Crippen LogP contribution in [0.4, 0.5) is 0 Å². The van der Waals surface area contributed by atoms with Crippen LogP contribution in [0.5, 0.6) is 0 Å². The topological polar surface area (TPSA) is 27.7 Å². The Morgan fingerprint density at radius 3 is 1.90 bits per heavy atom. The summed E-state index contributed by atoms with van der Waals surface area (Å²) in [5, 5.41) is 0. The van der Waals surface area contributed by atoms with E-state index in [2.05, 4.69) is 13.8 Å². The van der Waals surface area contributed by atoms with Crippen molar-refractivity contribution in [1.29, 1.82) is 0 Å². The SMILES string of the molecule is CC1(C)COCOCOC1. The largest absolute Gasteiger partial charge is 0.355 e. The van der Waals surface area contributed by atoms with Gasteiger partial charge in [-0.15, -0.1) is 0 Å². The molecule has 1 saturated heterocycles. The highest BCUT2D eigenvalue weighted by Gasteiger charge is 2.19. The lowest BCUT2D eigenvalue weighted by Crippen LogP contribution is -2.29. The smallest absolute Gasteiger partial charge is 0.149 e. The van der Waals surface area contributed by atoms with Crippen molar-refractivity contribution in [1.82, 2.24) is 0 Å². The molecule has 3 nitrogen and oxygen atoms in total. The summed E-state index contributed by atoms with van der Waals surface area (Å²) in [6.07, 6.45) is 0. The Kier molecular flexibility index (Phi) is 2.65. The van der Waals surface area contributed by atoms with Gasteiger partial charge in [0.15, 0.2) is 0 Å². The third-order valence-electron chi connectivity index (χ3n) is 1.32. The van der Waals surface area contributed by atoms with Crippen molar-refractivity contribution in [2.75, 3.05) is 26.8 Å². The fourth-order valence-electron chi connectivity index (χ4n) is 0.829. The zero-order valence-corrected chi connectivity index (χ0v) is 6.55. The van der Waals surface area contributed by atoms with E-state index in [0.29, 0.717) is 26.8 Å². The lowest BCUT2D eigenvalue weighted by atomic mass is 9.96. The Morgan fingerprint density at radius 1 is 0.900 bits per heavy atom. The van der Waals surface area contributed by atoms with Crippen molar-refractivity contribution in [2.45, 2.75) is 13.8 Å². The van der Waals surface area contributed by atoms with Gasteiger partial charge in [-0.05, 0) is 0 Å². The van der Waals surface area contributed by atoms with Crippen LogP contribution in [0, 0.1) is 5.41 Å². The van der Waals surface area contributed by atoms with Crippen LogP contribution < -0.4 is 0 Å². The van der Waals surface area contributed by atoms with Gasteiger partial charge in [0.1, 0.15) is 13.6 Å². The van der Waals surface area contributed by atoms with Crippen LogP contribution in [0.2, 0.25) is 0 Å². The number of rotatable bonds is 0. The highest BCUT2D eigenvalue weighted by Crippen LogP contribution is 2.16. The standard InChI is InChI=1S/C7H14O3/c1-7(2)3-8-5-10-6-9-4-7/h3-6H2,1-2H3. The molecule has 0 aliphatic carbocycles. The zero-order chi connectivity index (χ0) is 7.45. The van der Waals surface area contributed by atoms with Gasteiger partial charge in [-0.2, -0.15) is 0 Å². The first-order valence-electron chi connectivity index (χ1n) is 3.44. The molecular weight excluding hydrogens is 132 g/mol. The molecule has 0 aromatic heterocycles. The van der Waals surface area contributed by atoms with Crippen molar-refractivity contribution in [2.24, 2.45) is 5.41 Å². The molecule has 1 heterocycles. The van der Waals surface area contributed by atoms with E-state index in [9.17, 15) is 0 Å². The molecule has 0 spiro atoms. The second-order valence-corrected chi connectivity index (χ2v) is 3.30. The maximum Gasteiger partial charge on any atom is 0.149 e. The second kappa shape index (κ2) is 3.32. The quantitative estimate of drug-likeness (QED) is 0.510. The molecule has 0 atom stereocenters. The molecule has 0 aromatic rings. The van der Waals surface area contributed by atoms with Gasteiger partial charge in [0.05, 0.1) is 13.2 Å². The second-order valence-electron chi connectivity index (χ2n) is 3.30. The first kappa shape index (κ1) is 7.98. The number of hydrogen-bond donors (Lipinski definition) is 0. The average Bonchev–Trinajstić information content (AvgIpc) is 1.81. The van der Waals surface area contributed by atoms with Crippen LogP contribution in [0.1, 0.15) is 13.8 Å². The molecule has 1 aliphatic heterocycles. The van der Waals surface area contributed by atoms with Gasteiger partial charge in [0, 0.05) is 5.41 Å². The normalized spacial score (nSPS) is 27.0. The molecule has 0 radical (unpaired) electrons. The fraction of sp³-hybridized carbons (Fsp3) is 1.00. The predicted octanol–water partition coefficient (Wildman–Crippen LogP) is 0.991. The van der Waals surface area contributed by atoms with E-state index >= 15 is 0 Å².